The first-order valence-electron chi connectivity index (χ1n) is 4.31. The summed E-state index contributed by atoms with van der Waals surface area (Å²) in [7, 11) is 0. The van der Waals surface area contributed by atoms with Crippen molar-refractivity contribution in [3.63, 3.8) is 0 Å². The van der Waals surface area contributed by atoms with Crippen molar-refractivity contribution >= 4 is 18.2 Å². The lowest BCUT2D eigenvalue weighted by Crippen LogP contribution is -2.07. The van der Waals surface area contributed by atoms with Gasteiger partial charge in [0, 0.05) is 18.5 Å². The van der Waals surface area contributed by atoms with Crippen LogP contribution in [0.5, 0.6) is 0 Å². The lowest BCUT2D eigenvalue weighted by atomic mass is 10.3. The van der Waals surface area contributed by atoms with Crippen molar-refractivity contribution in [3.8, 4) is 5.82 Å². The van der Waals surface area contributed by atoms with Crippen LogP contribution >= 0.6 is 12.4 Å². The molecule has 0 saturated carbocycles. The summed E-state index contributed by atoms with van der Waals surface area (Å²) in [5, 5.41) is 3.82. The van der Waals surface area contributed by atoms with E-state index in [0.29, 0.717) is 0 Å². The smallest absolute Gasteiger partial charge is 0.382 e. The maximum Gasteiger partial charge on any atom is 0.417 e. The number of rotatable bonds is 1. The van der Waals surface area contributed by atoms with Crippen molar-refractivity contribution in [2.45, 2.75) is 6.18 Å². The minimum absolute atomic E-state index is 0. The molecule has 0 aliphatic rings. The molecule has 2 aromatic rings. The maximum atomic E-state index is 12.2. The molecule has 0 radical (unpaired) electrons. The van der Waals surface area contributed by atoms with E-state index in [0.717, 1.165) is 12.3 Å². The average molecular weight is 265 g/mol. The Kier molecular flexibility index (Phi) is 3.62. The van der Waals surface area contributed by atoms with Gasteiger partial charge in [-0.05, 0) is 12.1 Å². The van der Waals surface area contributed by atoms with Crippen molar-refractivity contribution < 1.29 is 13.2 Å². The first-order chi connectivity index (χ1) is 7.47. The van der Waals surface area contributed by atoms with Crippen LogP contribution in [0.3, 0.4) is 0 Å². The van der Waals surface area contributed by atoms with Gasteiger partial charge in [0.05, 0.1) is 5.56 Å². The van der Waals surface area contributed by atoms with Crippen LogP contribution in [0.1, 0.15) is 5.56 Å². The summed E-state index contributed by atoms with van der Waals surface area (Å²) in [6, 6.07) is 3.70. The van der Waals surface area contributed by atoms with Gasteiger partial charge in [-0.1, -0.05) is 0 Å². The van der Waals surface area contributed by atoms with Crippen molar-refractivity contribution in [2.24, 2.45) is 0 Å². The Bertz CT molecular complexity index is 492. The van der Waals surface area contributed by atoms with Crippen molar-refractivity contribution in [1.82, 2.24) is 14.8 Å². The molecule has 0 spiro atoms. The third-order valence-corrected chi connectivity index (χ3v) is 1.92. The number of anilines is 1. The molecule has 0 bridgehead atoms. The predicted octanol–water partition coefficient (Wildman–Crippen LogP) is 2.29. The van der Waals surface area contributed by atoms with Gasteiger partial charge in [0.1, 0.15) is 5.82 Å². The second-order valence-corrected chi connectivity index (χ2v) is 3.09. The van der Waals surface area contributed by atoms with E-state index in [1.54, 1.807) is 0 Å². The molecule has 0 amide bonds. The van der Waals surface area contributed by atoms with Gasteiger partial charge in [0.2, 0.25) is 0 Å². The van der Waals surface area contributed by atoms with Gasteiger partial charge in [-0.15, -0.1) is 17.5 Å². The number of nitrogens with two attached hydrogens (primary N) is 1. The van der Waals surface area contributed by atoms with E-state index >= 15 is 0 Å². The number of nitrogen functional groups attached to an aromatic ring is 1. The standard InChI is InChI=1S/C9H7F3N4.ClH/c10-9(11,12)6-1-2-8(14-5-6)16-4-3-7(13)15-16;/h1-5H,(H2,13,15);1H. The summed E-state index contributed by atoms with van der Waals surface area (Å²) in [6.07, 6.45) is -2.10. The molecule has 0 unspecified atom stereocenters. The third kappa shape index (κ3) is 2.88. The van der Waals surface area contributed by atoms with Crippen LogP contribution in [0.2, 0.25) is 0 Å². The van der Waals surface area contributed by atoms with Crippen molar-refractivity contribution in [2.75, 3.05) is 5.73 Å². The molecule has 8 heteroatoms. The van der Waals surface area contributed by atoms with Crippen LogP contribution in [-0.4, -0.2) is 14.8 Å². The summed E-state index contributed by atoms with van der Waals surface area (Å²) in [4.78, 5) is 3.65. The largest absolute Gasteiger partial charge is 0.417 e. The van der Waals surface area contributed by atoms with Crippen LogP contribution in [0.15, 0.2) is 30.6 Å². The lowest BCUT2D eigenvalue weighted by Gasteiger charge is -2.06. The highest BCUT2D eigenvalue weighted by molar-refractivity contribution is 5.85. The summed E-state index contributed by atoms with van der Waals surface area (Å²) in [5.74, 6) is 0.561. The number of aromatic nitrogens is 3. The number of halogens is 4. The molecule has 0 aliphatic carbocycles. The Morgan fingerprint density at radius 3 is 2.29 bits per heavy atom. The van der Waals surface area contributed by atoms with Gasteiger partial charge >= 0.3 is 6.18 Å². The number of hydrogen-bond acceptors (Lipinski definition) is 3. The second-order valence-electron chi connectivity index (χ2n) is 3.09. The maximum absolute atomic E-state index is 12.2. The van der Waals surface area contributed by atoms with E-state index in [1.165, 1.54) is 23.0 Å². The highest BCUT2D eigenvalue weighted by Crippen LogP contribution is 2.28. The zero-order chi connectivity index (χ0) is 11.8. The Morgan fingerprint density at radius 1 is 1.18 bits per heavy atom. The van der Waals surface area contributed by atoms with E-state index in [4.69, 9.17) is 5.73 Å². The molecule has 17 heavy (non-hydrogen) atoms. The number of alkyl halides is 3. The Balaban J connectivity index is 0.00000144. The summed E-state index contributed by atoms with van der Waals surface area (Å²) >= 11 is 0. The Labute approximate surface area is 101 Å². The quantitative estimate of drug-likeness (QED) is 0.860. The van der Waals surface area contributed by atoms with Crippen LogP contribution in [0.25, 0.3) is 5.82 Å². The van der Waals surface area contributed by atoms with Gasteiger partial charge in [0.25, 0.3) is 0 Å². The van der Waals surface area contributed by atoms with E-state index < -0.39 is 11.7 Å². The molecular weight excluding hydrogens is 257 g/mol. The van der Waals surface area contributed by atoms with E-state index in [-0.39, 0.29) is 24.0 Å². The predicted molar refractivity (Wildman–Crippen MR) is 58.0 cm³/mol. The van der Waals surface area contributed by atoms with Gasteiger partial charge in [-0.2, -0.15) is 13.2 Å². The number of pyridine rings is 1. The van der Waals surface area contributed by atoms with E-state index in [1.807, 2.05) is 0 Å². The van der Waals surface area contributed by atoms with Gasteiger partial charge in [-0.3, -0.25) is 0 Å². The molecule has 0 saturated heterocycles. The lowest BCUT2D eigenvalue weighted by molar-refractivity contribution is -0.137. The zero-order valence-corrected chi connectivity index (χ0v) is 9.16. The number of nitrogens with zero attached hydrogens (tertiary/aromatic N) is 3. The minimum Gasteiger partial charge on any atom is -0.382 e. The summed E-state index contributed by atoms with van der Waals surface area (Å²) in [5.41, 5.74) is 4.58. The highest BCUT2D eigenvalue weighted by atomic mass is 35.5. The molecule has 4 nitrogen and oxygen atoms in total. The Morgan fingerprint density at radius 2 is 1.88 bits per heavy atom. The van der Waals surface area contributed by atoms with Crippen LogP contribution in [0.4, 0.5) is 19.0 Å². The fraction of sp³-hybridized carbons (Fsp3) is 0.111. The summed E-state index contributed by atoms with van der Waals surface area (Å²) in [6.45, 7) is 0. The van der Waals surface area contributed by atoms with E-state index in [9.17, 15) is 13.2 Å². The SMILES string of the molecule is Cl.Nc1ccn(-c2ccc(C(F)(F)F)cn2)n1. The van der Waals surface area contributed by atoms with Crippen LogP contribution < -0.4 is 5.73 Å². The van der Waals surface area contributed by atoms with Crippen molar-refractivity contribution in [1.29, 1.82) is 0 Å². The molecule has 0 aromatic carbocycles. The number of hydrogen-bond donors (Lipinski definition) is 1. The average Bonchev–Trinajstić information content (AvgIpc) is 2.64. The van der Waals surface area contributed by atoms with Gasteiger partial charge in [0.15, 0.2) is 5.82 Å². The second kappa shape index (κ2) is 4.62. The zero-order valence-electron chi connectivity index (χ0n) is 8.35. The van der Waals surface area contributed by atoms with Gasteiger partial charge in [-0.25, -0.2) is 9.67 Å². The minimum atomic E-state index is -4.38. The normalized spacial score (nSPS) is 11.0. The molecule has 0 fully saturated rings. The molecule has 2 heterocycles. The third-order valence-electron chi connectivity index (χ3n) is 1.92. The molecule has 2 rings (SSSR count). The van der Waals surface area contributed by atoms with Crippen molar-refractivity contribution in [3.05, 3.63) is 36.2 Å². The van der Waals surface area contributed by atoms with Crippen LogP contribution in [0, 0.1) is 0 Å². The molecule has 0 atom stereocenters. The highest BCUT2D eigenvalue weighted by Gasteiger charge is 2.30. The molecule has 2 N–H and O–H groups in total. The monoisotopic (exact) mass is 264 g/mol. The first kappa shape index (κ1) is 13.3. The Hall–Kier alpha value is -1.76. The topological polar surface area (TPSA) is 56.7 Å². The molecule has 0 aliphatic heterocycles. The van der Waals surface area contributed by atoms with E-state index in [2.05, 4.69) is 10.1 Å². The summed E-state index contributed by atoms with van der Waals surface area (Å²) < 4.78 is 38.0. The fourth-order valence-electron chi connectivity index (χ4n) is 1.15. The molecule has 92 valence electrons. The fourth-order valence-corrected chi connectivity index (χ4v) is 1.15. The molecule has 2 aromatic heterocycles. The molecular formula is C9H8ClF3N4. The van der Waals surface area contributed by atoms with Gasteiger partial charge < -0.3 is 5.73 Å². The van der Waals surface area contributed by atoms with Crippen LogP contribution in [-0.2, 0) is 6.18 Å². The first-order valence-corrected chi connectivity index (χ1v) is 4.31.